The summed E-state index contributed by atoms with van der Waals surface area (Å²) < 4.78 is 7.96. The molecule has 0 spiro atoms. The quantitative estimate of drug-likeness (QED) is 0.797. The highest BCUT2D eigenvalue weighted by atomic mass is 16.5. The van der Waals surface area contributed by atoms with Crippen molar-refractivity contribution in [2.45, 2.75) is 19.1 Å². The van der Waals surface area contributed by atoms with Crippen molar-refractivity contribution in [1.29, 1.82) is 0 Å². The molecule has 1 unspecified atom stereocenters. The number of nitrogens with zero attached hydrogens (tertiary/aromatic N) is 2. The SMILES string of the molecule is c1ccc2c(c1)CC(CNCc1cn3ccccc3n1)O2. The van der Waals surface area contributed by atoms with Crippen molar-refractivity contribution in [3.8, 4) is 5.75 Å². The molecule has 4 heteroatoms. The highest BCUT2D eigenvalue weighted by molar-refractivity contribution is 5.39. The molecule has 1 N–H and O–H groups in total. The molecule has 3 heterocycles. The van der Waals surface area contributed by atoms with Gasteiger partial charge < -0.3 is 14.5 Å². The van der Waals surface area contributed by atoms with E-state index < -0.39 is 0 Å². The van der Waals surface area contributed by atoms with E-state index in [2.05, 4.69) is 28.6 Å². The van der Waals surface area contributed by atoms with Crippen LogP contribution < -0.4 is 10.1 Å². The van der Waals surface area contributed by atoms with E-state index in [1.807, 2.05) is 40.9 Å². The van der Waals surface area contributed by atoms with E-state index in [-0.39, 0.29) is 6.10 Å². The minimum atomic E-state index is 0.222. The molecule has 0 amide bonds. The van der Waals surface area contributed by atoms with Crippen LogP contribution in [0.25, 0.3) is 5.65 Å². The van der Waals surface area contributed by atoms with Gasteiger partial charge in [-0.1, -0.05) is 24.3 Å². The molecule has 3 aromatic rings. The van der Waals surface area contributed by atoms with Gasteiger partial charge in [-0.05, 0) is 23.8 Å². The van der Waals surface area contributed by atoms with Gasteiger partial charge in [-0.25, -0.2) is 4.98 Å². The molecule has 106 valence electrons. The lowest BCUT2D eigenvalue weighted by Crippen LogP contribution is -2.29. The molecule has 0 fully saturated rings. The first-order valence-electron chi connectivity index (χ1n) is 7.26. The number of nitrogens with one attached hydrogen (secondary N) is 1. The Labute approximate surface area is 123 Å². The molecule has 4 rings (SSSR count). The van der Waals surface area contributed by atoms with Gasteiger partial charge in [0.05, 0.1) is 5.69 Å². The Bertz CT molecular complexity index is 707. The number of pyridine rings is 1. The maximum absolute atomic E-state index is 5.92. The van der Waals surface area contributed by atoms with Crippen LogP contribution in [0.15, 0.2) is 54.9 Å². The zero-order valence-electron chi connectivity index (χ0n) is 11.7. The monoisotopic (exact) mass is 279 g/mol. The number of hydrogen-bond acceptors (Lipinski definition) is 3. The molecule has 0 aliphatic carbocycles. The predicted molar refractivity (Wildman–Crippen MR) is 81.5 cm³/mol. The molecular weight excluding hydrogens is 262 g/mol. The summed E-state index contributed by atoms with van der Waals surface area (Å²) in [5.74, 6) is 1.03. The molecular formula is C17H17N3O. The van der Waals surface area contributed by atoms with Crippen LogP contribution in [0, 0.1) is 0 Å². The second-order valence-electron chi connectivity index (χ2n) is 5.38. The smallest absolute Gasteiger partial charge is 0.137 e. The van der Waals surface area contributed by atoms with E-state index in [0.717, 1.165) is 36.6 Å². The van der Waals surface area contributed by atoms with Crippen LogP contribution in [0.4, 0.5) is 0 Å². The minimum Gasteiger partial charge on any atom is -0.488 e. The third kappa shape index (κ3) is 2.50. The van der Waals surface area contributed by atoms with Gasteiger partial charge in [0.1, 0.15) is 17.5 Å². The highest BCUT2D eigenvalue weighted by Gasteiger charge is 2.21. The topological polar surface area (TPSA) is 38.6 Å². The number of hydrogen-bond donors (Lipinski definition) is 1. The van der Waals surface area contributed by atoms with Crippen LogP contribution in [0.5, 0.6) is 5.75 Å². The Morgan fingerprint density at radius 2 is 2.10 bits per heavy atom. The van der Waals surface area contributed by atoms with Crippen molar-refractivity contribution in [3.05, 3.63) is 66.1 Å². The third-order valence-corrected chi connectivity index (χ3v) is 3.81. The number of para-hydroxylation sites is 1. The summed E-state index contributed by atoms with van der Waals surface area (Å²) >= 11 is 0. The van der Waals surface area contributed by atoms with Crippen LogP contribution in [0.2, 0.25) is 0 Å². The molecule has 1 atom stereocenters. The normalized spacial score (nSPS) is 16.9. The number of ether oxygens (including phenoxy) is 1. The Balaban J connectivity index is 1.34. The highest BCUT2D eigenvalue weighted by Crippen LogP contribution is 2.27. The summed E-state index contributed by atoms with van der Waals surface area (Å²) in [5.41, 5.74) is 3.34. The van der Waals surface area contributed by atoms with Crippen molar-refractivity contribution >= 4 is 5.65 Å². The zero-order valence-corrected chi connectivity index (χ0v) is 11.7. The molecule has 0 radical (unpaired) electrons. The van der Waals surface area contributed by atoms with Crippen LogP contribution in [-0.2, 0) is 13.0 Å². The van der Waals surface area contributed by atoms with Gasteiger partial charge >= 0.3 is 0 Å². The van der Waals surface area contributed by atoms with E-state index in [1.54, 1.807) is 0 Å². The molecule has 0 saturated carbocycles. The lowest BCUT2D eigenvalue weighted by molar-refractivity contribution is 0.227. The maximum atomic E-state index is 5.92. The van der Waals surface area contributed by atoms with Gasteiger partial charge in [0.15, 0.2) is 0 Å². The van der Waals surface area contributed by atoms with Crippen molar-refractivity contribution < 1.29 is 4.74 Å². The summed E-state index contributed by atoms with van der Waals surface area (Å²) in [6.07, 6.45) is 5.28. The average molecular weight is 279 g/mol. The largest absolute Gasteiger partial charge is 0.488 e. The van der Waals surface area contributed by atoms with Crippen molar-refractivity contribution in [2.75, 3.05) is 6.54 Å². The van der Waals surface area contributed by atoms with E-state index in [0.29, 0.717) is 0 Å². The van der Waals surface area contributed by atoms with E-state index in [9.17, 15) is 0 Å². The first-order valence-corrected chi connectivity index (χ1v) is 7.26. The van der Waals surface area contributed by atoms with Gasteiger partial charge in [-0.3, -0.25) is 0 Å². The van der Waals surface area contributed by atoms with Crippen LogP contribution in [0.1, 0.15) is 11.3 Å². The molecule has 0 saturated heterocycles. The first kappa shape index (κ1) is 12.4. The molecule has 0 bridgehead atoms. The summed E-state index contributed by atoms with van der Waals surface area (Å²) in [5, 5.41) is 3.44. The number of imidazole rings is 1. The molecule has 1 aliphatic rings. The Morgan fingerprint density at radius 3 is 3.00 bits per heavy atom. The van der Waals surface area contributed by atoms with Gasteiger partial charge in [-0.2, -0.15) is 0 Å². The Hall–Kier alpha value is -2.33. The summed E-state index contributed by atoms with van der Waals surface area (Å²) in [6.45, 7) is 1.60. The second-order valence-corrected chi connectivity index (χ2v) is 5.38. The molecule has 1 aromatic carbocycles. The van der Waals surface area contributed by atoms with Gasteiger partial charge in [0.25, 0.3) is 0 Å². The predicted octanol–water partition coefficient (Wildman–Crippen LogP) is 2.43. The van der Waals surface area contributed by atoms with Crippen molar-refractivity contribution in [3.63, 3.8) is 0 Å². The zero-order chi connectivity index (χ0) is 14.1. The first-order chi connectivity index (χ1) is 10.4. The van der Waals surface area contributed by atoms with Gasteiger partial charge in [-0.15, -0.1) is 0 Å². The summed E-state index contributed by atoms with van der Waals surface area (Å²) in [4.78, 5) is 4.58. The molecule has 1 aliphatic heterocycles. The Kier molecular flexibility index (Phi) is 3.09. The standard InChI is InChI=1S/C17H17N3O/c1-2-6-16-13(5-1)9-15(21-16)11-18-10-14-12-20-8-4-3-7-17(20)19-14/h1-8,12,15,18H,9-11H2. The fourth-order valence-electron chi connectivity index (χ4n) is 2.80. The molecule has 21 heavy (non-hydrogen) atoms. The summed E-state index contributed by atoms with van der Waals surface area (Å²) in [6, 6.07) is 14.3. The van der Waals surface area contributed by atoms with E-state index in [1.165, 1.54) is 5.56 Å². The minimum absolute atomic E-state index is 0.222. The fourth-order valence-corrected chi connectivity index (χ4v) is 2.80. The van der Waals surface area contributed by atoms with Crippen LogP contribution >= 0.6 is 0 Å². The number of benzene rings is 1. The van der Waals surface area contributed by atoms with Crippen LogP contribution in [-0.4, -0.2) is 22.0 Å². The van der Waals surface area contributed by atoms with Crippen LogP contribution in [0.3, 0.4) is 0 Å². The summed E-state index contributed by atoms with van der Waals surface area (Å²) in [7, 11) is 0. The van der Waals surface area contributed by atoms with Crippen molar-refractivity contribution in [2.24, 2.45) is 0 Å². The number of fused-ring (bicyclic) bond motifs is 2. The van der Waals surface area contributed by atoms with E-state index >= 15 is 0 Å². The Morgan fingerprint density at radius 1 is 1.19 bits per heavy atom. The molecule has 2 aromatic heterocycles. The van der Waals surface area contributed by atoms with E-state index in [4.69, 9.17) is 4.74 Å². The average Bonchev–Trinajstić information content (AvgIpc) is 3.09. The van der Waals surface area contributed by atoms with Crippen molar-refractivity contribution in [1.82, 2.24) is 14.7 Å². The van der Waals surface area contributed by atoms with Gasteiger partial charge in [0, 0.05) is 31.9 Å². The fraction of sp³-hybridized carbons (Fsp3) is 0.235. The number of rotatable bonds is 4. The van der Waals surface area contributed by atoms with Gasteiger partial charge in [0.2, 0.25) is 0 Å². The lowest BCUT2D eigenvalue weighted by atomic mass is 10.1. The molecule has 4 nitrogen and oxygen atoms in total. The second kappa shape index (κ2) is 5.22. The lowest BCUT2D eigenvalue weighted by Gasteiger charge is -2.10. The number of aromatic nitrogens is 2. The third-order valence-electron chi connectivity index (χ3n) is 3.81. The maximum Gasteiger partial charge on any atom is 0.137 e.